The van der Waals surface area contributed by atoms with Crippen molar-refractivity contribution in [3.8, 4) is 0 Å². The number of rotatable bonds is 1. The van der Waals surface area contributed by atoms with E-state index in [0.29, 0.717) is 0 Å². The van der Waals surface area contributed by atoms with Crippen molar-refractivity contribution in [2.45, 2.75) is 10.2 Å². The van der Waals surface area contributed by atoms with Gasteiger partial charge in [-0.3, -0.25) is 4.79 Å². The third-order valence-electron chi connectivity index (χ3n) is 0.352. The van der Waals surface area contributed by atoms with E-state index in [1.165, 1.54) is 0 Å². The third kappa shape index (κ3) is 12.5. The Morgan fingerprint density at radius 3 is 1.89 bits per heavy atom. The van der Waals surface area contributed by atoms with Gasteiger partial charge in [-0.05, 0) is 0 Å². The molecule has 0 amide bonds. The van der Waals surface area contributed by atoms with Crippen molar-refractivity contribution < 1.29 is 40.9 Å². The molecule has 0 heterocycles. The molecule has 9 heavy (non-hydrogen) atoms. The predicted molar refractivity (Wildman–Crippen MR) is 33.7 cm³/mol. The molecule has 0 bridgehead atoms. The van der Waals surface area contributed by atoms with Gasteiger partial charge in [-0.25, -0.2) is 0 Å². The molecule has 0 atom stereocenters. The summed E-state index contributed by atoms with van der Waals surface area (Å²) in [5.74, 6) is -1.12. The Bertz CT molecular complexity index is 104. The zero-order valence-electron chi connectivity index (χ0n) is 5.70. The van der Waals surface area contributed by atoms with Crippen LogP contribution in [0.25, 0.3) is 0 Å². The predicted octanol–water partition coefficient (Wildman–Crippen LogP) is -1.05. The van der Waals surface area contributed by atoms with Gasteiger partial charge in [0.15, 0.2) is 0 Å². The molecule has 2 nitrogen and oxygen atoms in total. The second-order valence-corrected chi connectivity index (χ2v) is 3.70. The minimum absolute atomic E-state index is 0. The Morgan fingerprint density at radius 2 is 1.89 bits per heavy atom. The van der Waals surface area contributed by atoms with Crippen molar-refractivity contribution in [3.05, 3.63) is 0 Å². The average molecular weight is 201 g/mol. The molecule has 0 saturated carbocycles. The molecule has 0 aliphatic heterocycles. The number of halogens is 3. The number of carbonyl (C=O) groups is 1. The van der Waals surface area contributed by atoms with Crippen molar-refractivity contribution in [1.82, 2.24) is 0 Å². The summed E-state index contributed by atoms with van der Waals surface area (Å²) in [7, 11) is 0. The van der Waals surface area contributed by atoms with Gasteiger partial charge in [-0.15, -0.1) is 0 Å². The molecule has 0 radical (unpaired) electrons. The second kappa shape index (κ2) is 5.05. The number of alkyl halides is 3. The van der Waals surface area contributed by atoms with Crippen LogP contribution in [0.3, 0.4) is 0 Å². The summed E-state index contributed by atoms with van der Waals surface area (Å²) in [5, 5.41) is 8.00. The first kappa shape index (κ1) is 13.0. The van der Waals surface area contributed by atoms with Gasteiger partial charge < -0.3 is 6.53 Å². The molecule has 1 N–H and O–H groups in total. The topological polar surface area (TPSA) is 37.3 Å². The van der Waals surface area contributed by atoms with Gasteiger partial charge in [0.2, 0.25) is 3.79 Å². The standard InChI is InChI=1S/C3H3Cl3O2.Na.H/c4-3(5,6)1-2(7)8;;/h1H2,(H,7,8);;/q;+1;-1. The molecule has 50 valence electrons. The van der Waals surface area contributed by atoms with Crippen LogP contribution in [0.15, 0.2) is 0 Å². The summed E-state index contributed by atoms with van der Waals surface area (Å²) in [6.45, 7) is 0. The van der Waals surface area contributed by atoms with Crippen LogP contribution in [0.2, 0.25) is 0 Å². The van der Waals surface area contributed by atoms with Crippen molar-refractivity contribution in [2.75, 3.05) is 0 Å². The molecule has 0 aromatic carbocycles. The van der Waals surface area contributed by atoms with Gasteiger partial charge in [0, 0.05) is 0 Å². The molecule has 0 rings (SSSR count). The van der Waals surface area contributed by atoms with Crippen molar-refractivity contribution in [3.63, 3.8) is 0 Å². The quantitative estimate of drug-likeness (QED) is 0.434. The number of carboxylic acids is 1. The van der Waals surface area contributed by atoms with Gasteiger partial charge >= 0.3 is 35.5 Å². The Morgan fingerprint density at radius 1 is 1.56 bits per heavy atom. The molecular formula is C3H4Cl3NaO2. The Hall–Kier alpha value is 1.34. The van der Waals surface area contributed by atoms with E-state index in [9.17, 15) is 4.79 Å². The summed E-state index contributed by atoms with van der Waals surface area (Å²) >= 11 is 15.2. The molecule has 0 unspecified atom stereocenters. The Labute approximate surface area is 91.2 Å². The molecule has 0 aromatic heterocycles. The van der Waals surface area contributed by atoms with E-state index in [0.717, 1.165) is 0 Å². The van der Waals surface area contributed by atoms with E-state index < -0.39 is 16.2 Å². The van der Waals surface area contributed by atoms with Gasteiger partial charge in [-0.1, -0.05) is 34.8 Å². The van der Waals surface area contributed by atoms with Crippen LogP contribution in [0.4, 0.5) is 0 Å². The van der Waals surface area contributed by atoms with Gasteiger partial charge in [0.05, 0.1) is 6.42 Å². The van der Waals surface area contributed by atoms with E-state index in [-0.39, 0.29) is 31.0 Å². The zero-order valence-corrected chi connectivity index (χ0v) is 8.96. The number of hydrogen-bond acceptors (Lipinski definition) is 1. The van der Waals surface area contributed by atoms with E-state index in [4.69, 9.17) is 39.9 Å². The molecular weight excluding hydrogens is 197 g/mol. The second-order valence-electron chi connectivity index (χ2n) is 1.19. The molecule has 0 aliphatic rings. The largest absolute Gasteiger partial charge is 1.00 e. The Balaban J connectivity index is -0.000000245. The van der Waals surface area contributed by atoms with E-state index in [2.05, 4.69) is 0 Å². The summed E-state index contributed by atoms with van der Waals surface area (Å²) in [6, 6.07) is 0. The maximum atomic E-state index is 9.76. The van der Waals surface area contributed by atoms with Crippen LogP contribution in [0, 0.1) is 0 Å². The zero-order chi connectivity index (χ0) is 6.78. The maximum absolute atomic E-state index is 9.76. The first-order valence-electron chi connectivity index (χ1n) is 1.70. The number of aliphatic carboxylic acids is 1. The molecule has 0 spiro atoms. The molecule has 0 aliphatic carbocycles. The van der Waals surface area contributed by atoms with Crippen molar-refractivity contribution in [1.29, 1.82) is 0 Å². The van der Waals surface area contributed by atoms with Gasteiger partial charge in [0.1, 0.15) is 0 Å². The number of hydrogen-bond donors (Lipinski definition) is 1. The van der Waals surface area contributed by atoms with Crippen LogP contribution in [0.1, 0.15) is 7.85 Å². The van der Waals surface area contributed by atoms with Crippen molar-refractivity contribution >= 4 is 40.8 Å². The summed E-state index contributed by atoms with van der Waals surface area (Å²) in [6.07, 6.45) is -0.461. The van der Waals surface area contributed by atoms with E-state index in [1.54, 1.807) is 0 Å². The molecule has 6 heteroatoms. The third-order valence-corrected chi connectivity index (χ3v) is 0.753. The normalized spacial score (nSPS) is 10.1. The van der Waals surface area contributed by atoms with Crippen LogP contribution in [-0.2, 0) is 4.79 Å². The van der Waals surface area contributed by atoms with E-state index >= 15 is 0 Å². The van der Waals surface area contributed by atoms with Crippen LogP contribution >= 0.6 is 34.8 Å². The summed E-state index contributed by atoms with van der Waals surface area (Å²) in [4.78, 5) is 9.76. The fourth-order valence-electron chi connectivity index (χ4n) is 0.171. The smallest absolute Gasteiger partial charge is 1.00 e. The average Bonchev–Trinajstić information content (AvgIpc) is 1.21. The Kier molecular flexibility index (Phi) is 7.28. The first-order chi connectivity index (χ1) is 3.42. The number of carboxylic acid groups (broad SMARTS) is 1. The monoisotopic (exact) mass is 200 g/mol. The van der Waals surface area contributed by atoms with Crippen LogP contribution in [-0.4, -0.2) is 14.9 Å². The minimum atomic E-state index is -1.66. The van der Waals surface area contributed by atoms with Gasteiger partial charge in [0.25, 0.3) is 0 Å². The van der Waals surface area contributed by atoms with Crippen LogP contribution < -0.4 is 29.6 Å². The molecule has 0 fully saturated rings. The maximum Gasteiger partial charge on any atom is 1.00 e. The summed E-state index contributed by atoms with van der Waals surface area (Å²) < 4.78 is -1.66. The van der Waals surface area contributed by atoms with Crippen molar-refractivity contribution in [2.24, 2.45) is 0 Å². The molecule has 0 aromatic rings. The fraction of sp³-hybridized carbons (Fsp3) is 0.667. The SMILES string of the molecule is O=C(O)CC(Cl)(Cl)Cl.[H-].[Na+]. The first-order valence-corrected chi connectivity index (χ1v) is 2.84. The minimum Gasteiger partial charge on any atom is -1.00 e. The fourth-order valence-corrected chi connectivity index (χ4v) is 0.514. The van der Waals surface area contributed by atoms with Gasteiger partial charge in [-0.2, -0.15) is 0 Å². The summed E-state index contributed by atoms with van der Waals surface area (Å²) in [5.41, 5.74) is 0. The van der Waals surface area contributed by atoms with E-state index in [1.807, 2.05) is 0 Å². The van der Waals surface area contributed by atoms with Crippen LogP contribution in [0.5, 0.6) is 0 Å². The molecule has 0 saturated heterocycles.